The number of ether oxygens (including phenoxy) is 1. The summed E-state index contributed by atoms with van der Waals surface area (Å²) in [5.74, 6) is -1.15. The molecule has 1 aromatic carbocycles. The molecule has 0 aliphatic carbocycles. The van der Waals surface area contributed by atoms with Crippen LogP contribution >= 0.6 is 0 Å². The first kappa shape index (κ1) is 17.4. The van der Waals surface area contributed by atoms with E-state index in [9.17, 15) is 17.2 Å². The second kappa shape index (κ2) is 6.59. The molecule has 26 heavy (non-hydrogen) atoms. The summed E-state index contributed by atoms with van der Waals surface area (Å²) in [5.41, 5.74) is 0. The van der Waals surface area contributed by atoms with Crippen LogP contribution in [-0.4, -0.2) is 35.9 Å². The lowest BCUT2D eigenvalue weighted by Crippen LogP contribution is -2.49. The maximum Gasteiger partial charge on any atom is 0.246 e. The first-order valence-electron chi connectivity index (χ1n) is 8.50. The molecular formula is C18H18F2N2O3S. The Labute approximate surface area is 150 Å². The van der Waals surface area contributed by atoms with Crippen molar-refractivity contribution in [2.75, 3.05) is 0 Å². The van der Waals surface area contributed by atoms with E-state index < -0.39 is 26.6 Å². The van der Waals surface area contributed by atoms with E-state index in [-0.39, 0.29) is 18.2 Å². The van der Waals surface area contributed by atoms with E-state index in [1.165, 1.54) is 4.31 Å². The zero-order valence-electron chi connectivity index (χ0n) is 13.9. The molecule has 1 aromatic heterocycles. The Kier molecular flexibility index (Phi) is 4.40. The standard InChI is InChI=1S/C18H18F2N2O3S/c19-12-1-4-18(17(20)9-12)26(23,24)22-13-2-3-14(22)11-16(10-13)25-15-5-7-21-8-6-15/h1,4-9,13-14,16H,2-3,10-11H2. The number of rotatable bonds is 4. The molecule has 0 N–H and O–H groups in total. The van der Waals surface area contributed by atoms with Crippen LogP contribution in [0.3, 0.4) is 0 Å². The highest BCUT2D eigenvalue weighted by Crippen LogP contribution is 2.41. The number of sulfonamides is 1. The van der Waals surface area contributed by atoms with Gasteiger partial charge < -0.3 is 4.74 Å². The molecule has 3 heterocycles. The van der Waals surface area contributed by atoms with Gasteiger partial charge in [0.15, 0.2) is 0 Å². The van der Waals surface area contributed by atoms with Crippen LogP contribution in [0.1, 0.15) is 25.7 Å². The van der Waals surface area contributed by atoms with Gasteiger partial charge in [0.05, 0.1) is 0 Å². The molecular weight excluding hydrogens is 362 g/mol. The van der Waals surface area contributed by atoms with Crippen molar-refractivity contribution in [3.8, 4) is 5.75 Å². The van der Waals surface area contributed by atoms with Gasteiger partial charge in [-0.25, -0.2) is 17.2 Å². The Morgan fingerprint density at radius 2 is 1.69 bits per heavy atom. The Hall–Kier alpha value is -2.06. The van der Waals surface area contributed by atoms with Gasteiger partial charge in [0.1, 0.15) is 28.4 Å². The van der Waals surface area contributed by atoms with Crippen molar-refractivity contribution in [2.24, 2.45) is 0 Å². The fourth-order valence-corrected chi connectivity index (χ4v) is 5.92. The third-order valence-electron chi connectivity index (χ3n) is 5.02. The fraction of sp³-hybridized carbons (Fsp3) is 0.389. The first-order valence-corrected chi connectivity index (χ1v) is 9.94. The summed E-state index contributed by atoms with van der Waals surface area (Å²) < 4.78 is 60.5. The van der Waals surface area contributed by atoms with E-state index in [4.69, 9.17) is 4.74 Å². The molecule has 8 heteroatoms. The SMILES string of the molecule is O=S(=O)(c1ccc(F)cc1F)N1C2CCC1CC(Oc1ccncc1)C2. The summed E-state index contributed by atoms with van der Waals surface area (Å²) in [6.45, 7) is 0. The van der Waals surface area contributed by atoms with Gasteiger partial charge >= 0.3 is 0 Å². The summed E-state index contributed by atoms with van der Waals surface area (Å²) in [5, 5.41) is 0. The van der Waals surface area contributed by atoms with Gasteiger partial charge in [-0.2, -0.15) is 4.31 Å². The van der Waals surface area contributed by atoms with Gasteiger partial charge in [-0.1, -0.05) is 0 Å². The summed E-state index contributed by atoms with van der Waals surface area (Å²) >= 11 is 0. The second-order valence-corrected chi connectivity index (χ2v) is 8.50. The van der Waals surface area contributed by atoms with Crippen molar-refractivity contribution in [2.45, 2.75) is 48.8 Å². The molecule has 2 bridgehead atoms. The Balaban J connectivity index is 1.56. The maximum absolute atomic E-state index is 14.1. The molecule has 2 fully saturated rings. The molecule has 2 aliphatic heterocycles. The van der Waals surface area contributed by atoms with Crippen LogP contribution in [0.25, 0.3) is 0 Å². The number of benzene rings is 1. The molecule has 0 spiro atoms. The second-order valence-electron chi connectivity index (χ2n) is 6.69. The quantitative estimate of drug-likeness (QED) is 0.818. The topological polar surface area (TPSA) is 59.5 Å². The molecule has 0 amide bonds. The average Bonchev–Trinajstić information content (AvgIpc) is 2.88. The lowest BCUT2D eigenvalue weighted by atomic mass is 10.0. The Bertz CT molecular complexity index is 894. The predicted molar refractivity (Wildman–Crippen MR) is 90.1 cm³/mol. The van der Waals surface area contributed by atoms with Crippen LogP contribution in [0, 0.1) is 11.6 Å². The number of hydrogen-bond acceptors (Lipinski definition) is 4. The molecule has 2 unspecified atom stereocenters. The summed E-state index contributed by atoms with van der Waals surface area (Å²) in [6, 6.07) is 5.62. The van der Waals surface area contributed by atoms with Crippen molar-refractivity contribution in [1.82, 2.24) is 9.29 Å². The third-order valence-corrected chi connectivity index (χ3v) is 7.06. The number of aromatic nitrogens is 1. The van der Waals surface area contributed by atoms with Crippen LogP contribution in [0.15, 0.2) is 47.6 Å². The van der Waals surface area contributed by atoms with Crippen molar-refractivity contribution in [3.63, 3.8) is 0 Å². The van der Waals surface area contributed by atoms with Crippen LogP contribution < -0.4 is 4.74 Å². The fourth-order valence-electron chi connectivity index (χ4n) is 3.98. The van der Waals surface area contributed by atoms with Gasteiger partial charge in [0, 0.05) is 43.4 Å². The minimum absolute atomic E-state index is 0.0978. The van der Waals surface area contributed by atoms with E-state index in [1.54, 1.807) is 24.5 Å². The van der Waals surface area contributed by atoms with Crippen LogP contribution in [0.4, 0.5) is 8.78 Å². The van der Waals surface area contributed by atoms with Crippen molar-refractivity contribution >= 4 is 10.0 Å². The van der Waals surface area contributed by atoms with E-state index in [0.29, 0.717) is 37.5 Å². The smallest absolute Gasteiger partial charge is 0.246 e. The zero-order valence-corrected chi connectivity index (χ0v) is 14.7. The molecule has 2 atom stereocenters. The Morgan fingerprint density at radius 3 is 2.31 bits per heavy atom. The van der Waals surface area contributed by atoms with Crippen molar-refractivity contribution < 1.29 is 21.9 Å². The summed E-state index contributed by atoms with van der Waals surface area (Å²) in [4.78, 5) is 3.48. The molecule has 0 radical (unpaired) electrons. The number of fused-ring (bicyclic) bond motifs is 2. The Morgan fingerprint density at radius 1 is 1.04 bits per heavy atom. The lowest BCUT2D eigenvalue weighted by Gasteiger charge is -2.37. The third kappa shape index (κ3) is 3.07. The highest BCUT2D eigenvalue weighted by molar-refractivity contribution is 7.89. The van der Waals surface area contributed by atoms with Crippen LogP contribution in [0.5, 0.6) is 5.75 Å². The van der Waals surface area contributed by atoms with Gasteiger partial charge in [-0.15, -0.1) is 0 Å². The van der Waals surface area contributed by atoms with E-state index in [2.05, 4.69) is 4.98 Å². The molecule has 2 saturated heterocycles. The zero-order chi connectivity index (χ0) is 18.3. The number of nitrogens with zero attached hydrogens (tertiary/aromatic N) is 2. The number of pyridine rings is 1. The minimum atomic E-state index is -4.02. The molecule has 5 nitrogen and oxygen atoms in total. The largest absolute Gasteiger partial charge is 0.490 e. The predicted octanol–water partition coefficient (Wildman–Crippen LogP) is 3.12. The molecule has 0 saturated carbocycles. The number of hydrogen-bond donors (Lipinski definition) is 0. The van der Waals surface area contributed by atoms with Crippen molar-refractivity contribution in [3.05, 3.63) is 54.4 Å². The first-order chi connectivity index (χ1) is 12.4. The van der Waals surface area contributed by atoms with E-state index in [1.807, 2.05) is 0 Å². The molecule has 2 aromatic rings. The summed E-state index contributed by atoms with van der Waals surface area (Å²) in [7, 11) is -4.02. The molecule has 4 rings (SSSR count). The van der Waals surface area contributed by atoms with Crippen LogP contribution in [0.2, 0.25) is 0 Å². The van der Waals surface area contributed by atoms with E-state index >= 15 is 0 Å². The lowest BCUT2D eigenvalue weighted by molar-refractivity contribution is 0.0955. The maximum atomic E-state index is 14.1. The highest BCUT2D eigenvalue weighted by atomic mass is 32.2. The normalized spacial score (nSPS) is 26.0. The number of piperidine rings is 1. The monoisotopic (exact) mass is 380 g/mol. The molecule has 138 valence electrons. The average molecular weight is 380 g/mol. The minimum Gasteiger partial charge on any atom is -0.490 e. The highest BCUT2D eigenvalue weighted by Gasteiger charge is 2.48. The van der Waals surface area contributed by atoms with Crippen molar-refractivity contribution in [1.29, 1.82) is 0 Å². The van der Waals surface area contributed by atoms with Gasteiger partial charge in [0.2, 0.25) is 10.0 Å². The molecule has 2 aliphatic rings. The van der Waals surface area contributed by atoms with Gasteiger partial charge in [-0.05, 0) is 37.1 Å². The summed E-state index contributed by atoms with van der Waals surface area (Å²) in [6.07, 6.45) is 5.69. The van der Waals surface area contributed by atoms with Gasteiger partial charge in [0.25, 0.3) is 0 Å². The number of halogens is 2. The van der Waals surface area contributed by atoms with Crippen LogP contribution in [-0.2, 0) is 10.0 Å². The van der Waals surface area contributed by atoms with Gasteiger partial charge in [-0.3, -0.25) is 4.98 Å². The van der Waals surface area contributed by atoms with E-state index in [0.717, 1.165) is 12.1 Å².